The number of hydrogen-bond donors (Lipinski definition) is 0. The molecule has 1 aliphatic carbocycles. The van der Waals surface area contributed by atoms with Crippen LogP contribution in [0.5, 0.6) is 0 Å². The molecule has 2 heterocycles. The Kier molecular flexibility index (Phi) is 6.34. The predicted octanol–water partition coefficient (Wildman–Crippen LogP) is 10.9. The lowest BCUT2D eigenvalue weighted by molar-refractivity contribution is -0.254. The number of halogens is 8. The van der Waals surface area contributed by atoms with Crippen molar-refractivity contribution in [2.45, 2.75) is 31.6 Å². The zero-order chi connectivity index (χ0) is 26.9. The van der Waals surface area contributed by atoms with Gasteiger partial charge in [0.05, 0.1) is 0 Å². The van der Waals surface area contributed by atoms with Crippen LogP contribution in [-0.2, 0) is 0 Å². The van der Waals surface area contributed by atoms with Crippen LogP contribution in [0.15, 0.2) is 60.7 Å². The molecule has 0 atom stereocenters. The number of rotatable bonds is 4. The minimum Gasteiger partial charge on any atom is -0.194 e. The highest BCUT2D eigenvalue weighted by molar-refractivity contribution is 7.16. The van der Waals surface area contributed by atoms with Crippen molar-refractivity contribution in [1.29, 1.82) is 0 Å². The average Bonchev–Trinajstić information content (AvgIpc) is 3.41. The minimum absolute atomic E-state index is 0.207. The first-order valence-corrected chi connectivity index (χ1v) is 13.3. The number of thiophene rings is 2. The van der Waals surface area contributed by atoms with Crippen LogP contribution in [-0.4, -0.2) is 17.8 Å². The van der Waals surface area contributed by atoms with E-state index in [9.17, 15) is 8.78 Å². The van der Waals surface area contributed by atoms with Gasteiger partial charge in [-0.05, 0) is 72.5 Å². The van der Waals surface area contributed by atoms with Crippen molar-refractivity contribution in [1.82, 2.24) is 0 Å². The Morgan fingerprint density at radius 1 is 0.595 bits per heavy atom. The molecule has 192 valence electrons. The Hall–Kier alpha value is -2.26. The number of hydrogen-bond acceptors (Lipinski definition) is 2. The second-order valence-electron chi connectivity index (χ2n) is 8.65. The summed E-state index contributed by atoms with van der Waals surface area (Å²) in [5.41, 5.74) is -2.28. The zero-order valence-electron chi connectivity index (χ0n) is 19.1. The van der Waals surface area contributed by atoms with Gasteiger partial charge in [-0.2, -0.15) is 26.3 Å². The topological polar surface area (TPSA) is 0 Å². The van der Waals surface area contributed by atoms with E-state index >= 15 is 17.6 Å². The minimum atomic E-state index is -5.63. The zero-order valence-corrected chi connectivity index (χ0v) is 22.3. The summed E-state index contributed by atoms with van der Waals surface area (Å²) in [6.45, 7) is 2.89. The van der Waals surface area contributed by atoms with Crippen molar-refractivity contribution >= 4 is 57.0 Å². The lowest BCUT2D eigenvalue weighted by Crippen LogP contribution is -2.48. The van der Waals surface area contributed by atoms with E-state index in [0.29, 0.717) is 30.9 Å². The second-order valence-corrected chi connectivity index (χ2v) is 12.0. The Balaban J connectivity index is 1.78. The van der Waals surface area contributed by atoms with Gasteiger partial charge in [0.2, 0.25) is 0 Å². The van der Waals surface area contributed by atoms with Crippen LogP contribution in [0, 0.1) is 13.8 Å². The van der Waals surface area contributed by atoms with Gasteiger partial charge in [0, 0.05) is 40.7 Å². The second kappa shape index (κ2) is 8.90. The number of aryl methyl sites for hydroxylation is 2. The molecule has 2 aromatic heterocycles. The summed E-state index contributed by atoms with van der Waals surface area (Å²) in [6.07, 6.45) is 0. The third kappa shape index (κ3) is 4.04. The molecule has 2 aromatic carbocycles. The Morgan fingerprint density at radius 3 is 1.32 bits per heavy atom. The van der Waals surface area contributed by atoms with Gasteiger partial charge in [0.1, 0.15) is 0 Å². The SMILES string of the molecule is Cc1sc(-c2cccc(Cl)c2)cc1C1=C(c2cc(-c3cccc(Cl)c3)sc2C)C(F)(F)C(F)(F)C1(F)F. The Labute approximate surface area is 226 Å². The molecule has 0 bridgehead atoms. The fourth-order valence-electron chi connectivity index (χ4n) is 4.46. The molecule has 0 N–H and O–H groups in total. The van der Waals surface area contributed by atoms with E-state index in [4.69, 9.17) is 23.2 Å². The first-order valence-electron chi connectivity index (χ1n) is 10.9. The van der Waals surface area contributed by atoms with Crippen molar-refractivity contribution in [2.75, 3.05) is 0 Å². The summed E-state index contributed by atoms with van der Waals surface area (Å²) in [7, 11) is 0. The number of benzene rings is 2. The van der Waals surface area contributed by atoms with Crippen LogP contribution in [0.25, 0.3) is 32.0 Å². The standard InChI is InChI=1S/C27H16Cl2F6S2/c1-13-19(11-21(36-13)15-5-3-7-17(28)9-15)23-24(26(32,33)27(34,35)25(23,30)31)20-12-22(37-14(20)2)16-6-4-8-18(29)10-16/h3-12H,1-2H3. The van der Waals surface area contributed by atoms with Crippen molar-refractivity contribution < 1.29 is 26.3 Å². The largest absolute Gasteiger partial charge is 0.380 e. The molecule has 0 saturated carbocycles. The lowest BCUT2D eigenvalue weighted by atomic mass is 9.94. The molecule has 0 nitrogen and oxygen atoms in total. The van der Waals surface area contributed by atoms with Crippen LogP contribution >= 0.6 is 45.9 Å². The molecule has 1 aliphatic rings. The average molecular weight is 589 g/mol. The summed E-state index contributed by atoms with van der Waals surface area (Å²) >= 11 is 14.2. The summed E-state index contributed by atoms with van der Waals surface area (Å²) in [5, 5.41) is 0.772. The summed E-state index contributed by atoms with van der Waals surface area (Å²) < 4.78 is 91.1. The predicted molar refractivity (Wildman–Crippen MR) is 141 cm³/mol. The highest BCUT2D eigenvalue weighted by Crippen LogP contribution is 2.66. The Bertz CT molecular complexity index is 1450. The summed E-state index contributed by atoms with van der Waals surface area (Å²) in [6, 6.07) is 15.6. The van der Waals surface area contributed by atoms with Crippen LogP contribution in [0.4, 0.5) is 26.3 Å². The van der Waals surface area contributed by atoms with Gasteiger partial charge in [-0.1, -0.05) is 47.5 Å². The maximum absolute atomic E-state index is 15.4. The van der Waals surface area contributed by atoms with Gasteiger partial charge < -0.3 is 0 Å². The smallest absolute Gasteiger partial charge is 0.194 e. The van der Waals surface area contributed by atoms with E-state index in [-0.39, 0.29) is 20.9 Å². The maximum atomic E-state index is 15.4. The molecule has 5 rings (SSSR count). The summed E-state index contributed by atoms with van der Waals surface area (Å²) in [4.78, 5) is 1.30. The molecular formula is C27H16Cl2F6S2. The van der Waals surface area contributed by atoms with E-state index in [2.05, 4.69) is 0 Å². The van der Waals surface area contributed by atoms with Gasteiger partial charge >= 0.3 is 17.8 Å². The van der Waals surface area contributed by atoms with E-state index in [1.165, 1.54) is 26.0 Å². The van der Waals surface area contributed by atoms with Gasteiger partial charge in [0.25, 0.3) is 0 Å². The van der Waals surface area contributed by atoms with Gasteiger partial charge in [-0.3, -0.25) is 0 Å². The molecule has 0 spiro atoms. The van der Waals surface area contributed by atoms with Crippen molar-refractivity contribution in [3.63, 3.8) is 0 Å². The fourth-order valence-corrected chi connectivity index (χ4v) is 6.89. The molecule has 10 heteroatoms. The highest BCUT2D eigenvalue weighted by Gasteiger charge is 2.80. The van der Waals surface area contributed by atoms with Gasteiger partial charge in [-0.25, -0.2) is 0 Å². The number of alkyl halides is 6. The number of allylic oxidation sites excluding steroid dienone is 2. The van der Waals surface area contributed by atoms with E-state index in [0.717, 1.165) is 22.7 Å². The van der Waals surface area contributed by atoms with E-state index < -0.39 is 28.9 Å². The summed E-state index contributed by atoms with van der Waals surface area (Å²) in [5.74, 6) is -15.9. The first kappa shape index (κ1) is 26.4. The molecule has 0 saturated heterocycles. The van der Waals surface area contributed by atoms with Crippen molar-refractivity contribution in [2.24, 2.45) is 0 Å². The normalized spacial score (nSPS) is 18.0. The van der Waals surface area contributed by atoms with Crippen molar-refractivity contribution in [3.05, 3.63) is 91.6 Å². The van der Waals surface area contributed by atoms with Crippen LogP contribution in [0.2, 0.25) is 10.0 Å². The highest BCUT2D eigenvalue weighted by atomic mass is 35.5. The maximum Gasteiger partial charge on any atom is 0.380 e. The molecule has 0 fully saturated rings. The third-order valence-corrected chi connectivity index (χ3v) is 8.93. The Morgan fingerprint density at radius 2 is 0.973 bits per heavy atom. The molecule has 0 amide bonds. The monoisotopic (exact) mass is 588 g/mol. The molecular weight excluding hydrogens is 573 g/mol. The quantitative estimate of drug-likeness (QED) is 0.208. The first-order chi connectivity index (χ1) is 17.3. The molecule has 0 radical (unpaired) electrons. The van der Waals surface area contributed by atoms with Crippen LogP contribution in [0.1, 0.15) is 20.9 Å². The molecule has 0 aliphatic heterocycles. The van der Waals surface area contributed by atoms with Crippen molar-refractivity contribution in [3.8, 4) is 20.9 Å². The fraction of sp³-hybridized carbons (Fsp3) is 0.185. The molecule has 37 heavy (non-hydrogen) atoms. The van der Waals surface area contributed by atoms with Gasteiger partial charge in [0.15, 0.2) is 0 Å². The lowest BCUT2D eigenvalue weighted by Gasteiger charge is -2.25. The molecule has 0 unspecified atom stereocenters. The van der Waals surface area contributed by atoms with E-state index in [1.807, 2.05) is 0 Å². The van der Waals surface area contributed by atoms with E-state index in [1.54, 1.807) is 48.5 Å². The van der Waals surface area contributed by atoms with Crippen LogP contribution < -0.4 is 0 Å². The molecule has 4 aromatic rings. The van der Waals surface area contributed by atoms with Crippen LogP contribution in [0.3, 0.4) is 0 Å². The third-order valence-electron chi connectivity index (χ3n) is 6.26. The van der Waals surface area contributed by atoms with Gasteiger partial charge in [-0.15, -0.1) is 22.7 Å².